The quantitative estimate of drug-likeness (QED) is 0.269. The minimum Gasteiger partial charge on any atom is -0.206 e. The zero-order chi connectivity index (χ0) is 21.4. The van der Waals surface area contributed by atoms with Crippen LogP contribution in [0.4, 0.5) is 22.0 Å². The summed E-state index contributed by atoms with van der Waals surface area (Å²) in [6.45, 7) is 2.05. The van der Waals surface area contributed by atoms with Crippen LogP contribution in [0.3, 0.4) is 0 Å². The Morgan fingerprint density at radius 2 is 1.33 bits per heavy atom. The molecule has 5 heteroatoms. The number of hydrogen-bond acceptors (Lipinski definition) is 0. The molecular formula is C25H25F5. The lowest BCUT2D eigenvalue weighted by molar-refractivity contribution is 0.133. The second-order valence-electron chi connectivity index (χ2n) is 8.74. The molecule has 4 unspecified atom stereocenters. The maximum absolute atomic E-state index is 14.8. The smallest absolute Gasteiger partial charge is 0.194 e. The van der Waals surface area contributed by atoms with Gasteiger partial charge in [0.15, 0.2) is 17.5 Å². The van der Waals surface area contributed by atoms with Crippen molar-refractivity contribution in [3.63, 3.8) is 0 Å². The van der Waals surface area contributed by atoms with Gasteiger partial charge in [-0.2, -0.15) is 0 Å². The first-order valence-corrected chi connectivity index (χ1v) is 10.6. The average Bonchev–Trinajstić information content (AvgIpc) is 2.71. The highest BCUT2D eigenvalue weighted by Gasteiger charge is 2.35. The maximum atomic E-state index is 14.8. The van der Waals surface area contributed by atoms with Gasteiger partial charge >= 0.3 is 0 Å². The number of allylic oxidation sites excluding steroid dienone is 2. The van der Waals surface area contributed by atoms with Crippen LogP contribution in [-0.4, -0.2) is 0 Å². The lowest BCUT2D eigenvalue weighted by Gasteiger charge is -2.42. The number of hydrogen-bond donors (Lipinski definition) is 0. The van der Waals surface area contributed by atoms with E-state index in [2.05, 4.69) is 12.2 Å². The minimum atomic E-state index is -1.66. The lowest BCUT2D eigenvalue weighted by atomic mass is 9.64. The van der Waals surface area contributed by atoms with Crippen molar-refractivity contribution in [2.75, 3.05) is 0 Å². The van der Waals surface area contributed by atoms with E-state index >= 15 is 0 Å². The van der Waals surface area contributed by atoms with Crippen molar-refractivity contribution >= 4 is 0 Å². The molecule has 0 bridgehead atoms. The molecule has 2 aromatic rings. The Bertz CT molecular complexity index is 918. The molecule has 0 nitrogen and oxygen atoms in total. The van der Waals surface area contributed by atoms with Gasteiger partial charge in [0.05, 0.1) is 5.56 Å². The van der Waals surface area contributed by atoms with Crippen LogP contribution in [0.1, 0.15) is 56.9 Å². The zero-order valence-electron chi connectivity index (χ0n) is 16.9. The summed E-state index contributed by atoms with van der Waals surface area (Å²) in [5.74, 6) is -4.42. The molecule has 0 aliphatic heterocycles. The Kier molecular flexibility index (Phi) is 5.99. The van der Waals surface area contributed by atoms with Crippen molar-refractivity contribution in [2.24, 2.45) is 17.8 Å². The largest absolute Gasteiger partial charge is 0.206 e. The molecule has 30 heavy (non-hydrogen) atoms. The van der Waals surface area contributed by atoms with E-state index in [0.29, 0.717) is 35.4 Å². The standard InChI is InChI=1S/C25H25F5/c1-2-3-14-4-5-16-9-17(7-6-15(16)8-14)18-10-20(26)24(21(27)11-18)19-12-22(28)25(30)23(29)13-19/h2-3,10-17H,4-9H2,1H3/b3-2+. The molecule has 2 fully saturated rings. The Balaban J connectivity index is 1.56. The molecule has 160 valence electrons. The molecule has 0 N–H and O–H groups in total. The minimum absolute atomic E-state index is 0.0734. The first-order valence-electron chi connectivity index (χ1n) is 10.6. The summed E-state index contributed by atoms with van der Waals surface area (Å²) in [6, 6.07) is 3.78. The fraction of sp³-hybridized carbons (Fsp3) is 0.440. The molecule has 2 aliphatic rings. The third kappa shape index (κ3) is 4.03. The van der Waals surface area contributed by atoms with Gasteiger partial charge in [0.2, 0.25) is 0 Å². The van der Waals surface area contributed by atoms with Gasteiger partial charge in [-0.1, -0.05) is 12.2 Å². The van der Waals surface area contributed by atoms with Crippen LogP contribution in [0.2, 0.25) is 0 Å². The van der Waals surface area contributed by atoms with Gasteiger partial charge in [-0.15, -0.1) is 0 Å². The second-order valence-corrected chi connectivity index (χ2v) is 8.74. The Hall–Kier alpha value is -2.17. The van der Waals surface area contributed by atoms with Crippen LogP contribution >= 0.6 is 0 Å². The normalized spacial score (nSPS) is 26.7. The summed E-state index contributed by atoms with van der Waals surface area (Å²) in [5, 5.41) is 0. The molecule has 0 amide bonds. The number of fused-ring (bicyclic) bond motifs is 1. The molecule has 2 aliphatic carbocycles. The number of benzene rings is 2. The lowest BCUT2D eigenvalue weighted by Crippen LogP contribution is -2.30. The van der Waals surface area contributed by atoms with E-state index in [1.807, 2.05) is 6.92 Å². The van der Waals surface area contributed by atoms with Crippen LogP contribution in [0.15, 0.2) is 36.4 Å². The topological polar surface area (TPSA) is 0 Å². The molecule has 2 aromatic carbocycles. The number of halogens is 5. The Morgan fingerprint density at radius 1 is 0.733 bits per heavy atom. The van der Waals surface area contributed by atoms with Crippen LogP contribution in [0.5, 0.6) is 0 Å². The van der Waals surface area contributed by atoms with E-state index < -0.39 is 34.6 Å². The van der Waals surface area contributed by atoms with Gasteiger partial charge in [0, 0.05) is 0 Å². The van der Waals surface area contributed by atoms with E-state index in [1.165, 1.54) is 18.6 Å². The summed E-state index contributed by atoms with van der Waals surface area (Å²) in [5.41, 5.74) is -0.290. The predicted octanol–water partition coefficient (Wildman–Crippen LogP) is 7.93. The van der Waals surface area contributed by atoms with Crippen LogP contribution in [0.25, 0.3) is 11.1 Å². The third-order valence-electron chi connectivity index (χ3n) is 6.93. The second kappa shape index (κ2) is 8.52. The SMILES string of the molecule is C/C=C/C1CCC2CC(c3cc(F)c(-c4cc(F)c(F)c(F)c4)c(F)c3)CCC2C1. The van der Waals surface area contributed by atoms with Crippen molar-refractivity contribution in [1.82, 2.24) is 0 Å². The van der Waals surface area contributed by atoms with Crippen molar-refractivity contribution in [2.45, 2.75) is 51.4 Å². The molecule has 0 spiro atoms. The molecule has 2 saturated carbocycles. The number of rotatable bonds is 3. The molecular weight excluding hydrogens is 395 g/mol. The van der Waals surface area contributed by atoms with Crippen LogP contribution in [-0.2, 0) is 0 Å². The van der Waals surface area contributed by atoms with E-state index in [0.717, 1.165) is 32.1 Å². The van der Waals surface area contributed by atoms with Crippen molar-refractivity contribution in [3.05, 3.63) is 71.1 Å². The molecule has 0 saturated heterocycles. The van der Waals surface area contributed by atoms with Gasteiger partial charge in [-0.25, -0.2) is 22.0 Å². The van der Waals surface area contributed by atoms with E-state index in [4.69, 9.17) is 0 Å². The Morgan fingerprint density at radius 3 is 1.97 bits per heavy atom. The van der Waals surface area contributed by atoms with Gasteiger partial charge in [-0.05, 0) is 105 Å². The van der Waals surface area contributed by atoms with E-state index in [1.54, 1.807) is 0 Å². The molecule has 0 radical (unpaired) electrons. The van der Waals surface area contributed by atoms with Gasteiger partial charge < -0.3 is 0 Å². The molecule has 0 aromatic heterocycles. The van der Waals surface area contributed by atoms with Gasteiger partial charge in [0.1, 0.15) is 11.6 Å². The molecule has 0 heterocycles. The predicted molar refractivity (Wildman–Crippen MR) is 107 cm³/mol. The first kappa shape index (κ1) is 21.1. The average molecular weight is 420 g/mol. The fourth-order valence-corrected chi connectivity index (χ4v) is 5.48. The summed E-state index contributed by atoms with van der Waals surface area (Å²) in [7, 11) is 0. The van der Waals surface area contributed by atoms with E-state index in [-0.39, 0.29) is 11.5 Å². The van der Waals surface area contributed by atoms with Gasteiger partial charge in [0.25, 0.3) is 0 Å². The van der Waals surface area contributed by atoms with Crippen molar-refractivity contribution < 1.29 is 22.0 Å². The van der Waals surface area contributed by atoms with E-state index in [9.17, 15) is 22.0 Å². The summed E-state index contributed by atoms with van der Waals surface area (Å²) in [4.78, 5) is 0. The third-order valence-corrected chi connectivity index (χ3v) is 6.93. The summed E-state index contributed by atoms with van der Waals surface area (Å²) in [6.07, 6.45) is 10.7. The van der Waals surface area contributed by atoms with Crippen molar-refractivity contribution in [1.29, 1.82) is 0 Å². The van der Waals surface area contributed by atoms with Crippen LogP contribution in [0, 0.1) is 46.8 Å². The summed E-state index contributed by atoms with van der Waals surface area (Å²) < 4.78 is 69.9. The first-order chi connectivity index (χ1) is 14.4. The van der Waals surface area contributed by atoms with Crippen molar-refractivity contribution in [3.8, 4) is 11.1 Å². The molecule has 4 rings (SSSR count). The Labute approximate surface area is 173 Å². The zero-order valence-corrected chi connectivity index (χ0v) is 16.9. The fourth-order valence-electron chi connectivity index (χ4n) is 5.48. The maximum Gasteiger partial charge on any atom is 0.194 e. The summed E-state index contributed by atoms with van der Waals surface area (Å²) >= 11 is 0. The highest BCUT2D eigenvalue weighted by atomic mass is 19.2. The molecule has 4 atom stereocenters. The monoisotopic (exact) mass is 420 g/mol. The van der Waals surface area contributed by atoms with Gasteiger partial charge in [-0.3, -0.25) is 0 Å². The highest BCUT2D eigenvalue weighted by molar-refractivity contribution is 5.65. The highest BCUT2D eigenvalue weighted by Crippen LogP contribution is 2.48. The van der Waals surface area contributed by atoms with Crippen LogP contribution < -0.4 is 0 Å².